The number of aromatic nitrogens is 2. The van der Waals surface area contributed by atoms with Crippen molar-refractivity contribution in [3.8, 4) is 0 Å². The number of nitrogens with zero attached hydrogens (tertiary/aromatic N) is 2. The summed E-state index contributed by atoms with van der Waals surface area (Å²) in [7, 11) is 1.82. The molecule has 1 saturated heterocycles. The van der Waals surface area contributed by atoms with Crippen LogP contribution in [0, 0.1) is 0 Å². The van der Waals surface area contributed by atoms with Crippen molar-refractivity contribution < 1.29 is 9.53 Å². The number of ether oxygens (including phenoxy) is 1. The fourth-order valence-electron chi connectivity index (χ4n) is 1.85. The molecular formula is C11H17N3O2. The van der Waals surface area contributed by atoms with Gasteiger partial charge in [0.05, 0.1) is 6.10 Å². The van der Waals surface area contributed by atoms with Crippen molar-refractivity contribution in [1.29, 1.82) is 0 Å². The maximum atomic E-state index is 11.6. The summed E-state index contributed by atoms with van der Waals surface area (Å²) in [4.78, 5) is 11.6. The molecule has 2 rings (SSSR count). The van der Waals surface area contributed by atoms with E-state index in [1.807, 2.05) is 7.05 Å². The summed E-state index contributed by atoms with van der Waals surface area (Å²) in [5.74, 6) is 0.619. The summed E-state index contributed by atoms with van der Waals surface area (Å²) in [5, 5.41) is 6.84. The van der Waals surface area contributed by atoms with E-state index in [0.29, 0.717) is 12.2 Å². The van der Waals surface area contributed by atoms with E-state index in [1.54, 1.807) is 16.9 Å². The number of carbonyl (C=O) groups is 1. The third-order valence-electron chi connectivity index (χ3n) is 2.70. The van der Waals surface area contributed by atoms with Gasteiger partial charge in [0, 0.05) is 32.3 Å². The number of hydrogen-bond acceptors (Lipinski definition) is 3. The van der Waals surface area contributed by atoms with Gasteiger partial charge in [-0.05, 0) is 19.3 Å². The molecule has 1 fully saturated rings. The van der Waals surface area contributed by atoms with Crippen LogP contribution in [0.2, 0.25) is 0 Å². The molecule has 1 aliphatic rings. The molecule has 5 heteroatoms. The third kappa shape index (κ3) is 3.06. The molecule has 1 aromatic heterocycles. The Morgan fingerprint density at radius 2 is 2.62 bits per heavy atom. The molecule has 0 aliphatic carbocycles. The zero-order valence-corrected chi connectivity index (χ0v) is 9.48. The molecule has 1 atom stereocenters. The largest absolute Gasteiger partial charge is 0.378 e. The summed E-state index contributed by atoms with van der Waals surface area (Å²) < 4.78 is 7.12. The van der Waals surface area contributed by atoms with Gasteiger partial charge in [0.1, 0.15) is 0 Å². The van der Waals surface area contributed by atoms with E-state index < -0.39 is 0 Å². The van der Waals surface area contributed by atoms with Gasteiger partial charge in [-0.1, -0.05) is 0 Å². The minimum absolute atomic E-state index is 0.00852. The standard InChI is InChI=1S/C11H17N3O2/c1-14-7-6-10(13-14)12-11(15)5-4-9-3-2-8-16-9/h6-7,9H,2-5,8H2,1H3,(H,12,13,15)/t9-/m1/s1. The number of anilines is 1. The minimum Gasteiger partial charge on any atom is -0.378 e. The molecule has 0 saturated carbocycles. The van der Waals surface area contributed by atoms with E-state index in [1.165, 1.54) is 0 Å². The molecule has 1 aromatic rings. The molecule has 88 valence electrons. The first kappa shape index (κ1) is 11.1. The van der Waals surface area contributed by atoms with Crippen LogP contribution in [0.5, 0.6) is 0 Å². The highest BCUT2D eigenvalue weighted by molar-refractivity contribution is 5.89. The smallest absolute Gasteiger partial charge is 0.225 e. The van der Waals surface area contributed by atoms with Crippen molar-refractivity contribution in [3.63, 3.8) is 0 Å². The number of rotatable bonds is 4. The van der Waals surface area contributed by atoms with Crippen molar-refractivity contribution in [2.45, 2.75) is 31.8 Å². The van der Waals surface area contributed by atoms with Gasteiger partial charge in [-0.2, -0.15) is 5.10 Å². The zero-order chi connectivity index (χ0) is 11.4. The minimum atomic E-state index is 0.00852. The lowest BCUT2D eigenvalue weighted by molar-refractivity contribution is -0.116. The molecule has 0 aromatic carbocycles. The maximum Gasteiger partial charge on any atom is 0.225 e. The van der Waals surface area contributed by atoms with Gasteiger partial charge in [0.2, 0.25) is 5.91 Å². The van der Waals surface area contributed by atoms with Gasteiger partial charge in [-0.3, -0.25) is 9.48 Å². The first-order chi connectivity index (χ1) is 7.74. The highest BCUT2D eigenvalue weighted by Crippen LogP contribution is 2.17. The molecule has 1 N–H and O–H groups in total. The lowest BCUT2D eigenvalue weighted by Crippen LogP contribution is -2.15. The average molecular weight is 223 g/mol. The summed E-state index contributed by atoms with van der Waals surface area (Å²) in [6.07, 6.45) is 5.58. The molecule has 2 heterocycles. The number of aryl methyl sites for hydroxylation is 1. The van der Waals surface area contributed by atoms with Crippen molar-refractivity contribution >= 4 is 11.7 Å². The predicted octanol–water partition coefficient (Wildman–Crippen LogP) is 1.32. The quantitative estimate of drug-likeness (QED) is 0.837. The molecule has 0 spiro atoms. The molecule has 0 radical (unpaired) electrons. The Labute approximate surface area is 94.8 Å². The van der Waals surface area contributed by atoms with Crippen LogP contribution in [0.4, 0.5) is 5.82 Å². The zero-order valence-electron chi connectivity index (χ0n) is 9.48. The van der Waals surface area contributed by atoms with Gasteiger partial charge in [-0.25, -0.2) is 0 Å². The van der Waals surface area contributed by atoms with Crippen LogP contribution in [0.15, 0.2) is 12.3 Å². The van der Waals surface area contributed by atoms with Gasteiger partial charge in [0.25, 0.3) is 0 Å². The normalized spacial score (nSPS) is 19.9. The fraction of sp³-hybridized carbons (Fsp3) is 0.636. The Morgan fingerprint density at radius 3 is 3.25 bits per heavy atom. The molecule has 16 heavy (non-hydrogen) atoms. The highest BCUT2D eigenvalue weighted by Gasteiger charge is 2.16. The van der Waals surface area contributed by atoms with E-state index in [-0.39, 0.29) is 12.0 Å². The SMILES string of the molecule is Cn1ccc(NC(=O)CC[C@H]2CCCO2)n1. The summed E-state index contributed by atoms with van der Waals surface area (Å²) in [5.41, 5.74) is 0. The second kappa shape index (κ2) is 5.12. The molecule has 1 amide bonds. The number of amides is 1. The van der Waals surface area contributed by atoms with Crippen molar-refractivity contribution in [1.82, 2.24) is 9.78 Å². The number of hydrogen-bond donors (Lipinski definition) is 1. The van der Waals surface area contributed by atoms with E-state index in [0.717, 1.165) is 25.9 Å². The maximum absolute atomic E-state index is 11.6. The third-order valence-corrected chi connectivity index (χ3v) is 2.70. The summed E-state index contributed by atoms with van der Waals surface area (Å²) in [6, 6.07) is 1.78. The van der Waals surface area contributed by atoms with E-state index in [9.17, 15) is 4.79 Å². The Bertz CT molecular complexity index is 356. The first-order valence-electron chi connectivity index (χ1n) is 5.65. The molecule has 1 aliphatic heterocycles. The monoisotopic (exact) mass is 223 g/mol. The topological polar surface area (TPSA) is 56.2 Å². The molecule has 5 nitrogen and oxygen atoms in total. The summed E-state index contributed by atoms with van der Waals surface area (Å²) >= 11 is 0. The van der Waals surface area contributed by atoms with Crippen LogP contribution in [-0.4, -0.2) is 28.4 Å². The Kier molecular flexibility index (Phi) is 3.56. The van der Waals surface area contributed by atoms with Gasteiger partial charge in [0.15, 0.2) is 5.82 Å². The van der Waals surface area contributed by atoms with Crippen LogP contribution in [-0.2, 0) is 16.6 Å². The second-order valence-corrected chi connectivity index (χ2v) is 4.10. The lowest BCUT2D eigenvalue weighted by Gasteiger charge is -2.08. The number of nitrogens with one attached hydrogen (secondary N) is 1. The molecule has 0 bridgehead atoms. The van der Waals surface area contributed by atoms with Crippen LogP contribution in [0.1, 0.15) is 25.7 Å². The average Bonchev–Trinajstić information content (AvgIpc) is 2.87. The summed E-state index contributed by atoms with van der Waals surface area (Å²) in [6.45, 7) is 0.840. The fourth-order valence-corrected chi connectivity index (χ4v) is 1.85. The second-order valence-electron chi connectivity index (χ2n) is 4.10. The number of carbonyl (C=O) groups excluding carboxylic acids is 1. The van der Waals surface area contributed by atoms with Crippen molar-refractivity contribution in [2.75, 3.05) is 11.9 Å². The first-order valence-corrected chi connectivity index (χ1v) is 5.65. The lowest BCUT2D eigenvalue weighted by atomic mass is 10.1. The Hall–Kier alpha value is -1.36. The van der Waals surface area contributed by atoms with Crippen molar-refractivity contribution in [2.24, 2.45) is 7.05 Å². The molecule has 0 unspecified atom stereocenters. The highest BCUT2D eigenvalue weighted by atomic mass is 16.5. The van der Waals surface area contributed by atoms with Gasteiger partial charge in [-0.15, -0.1) is 0 Å². The van der Waals surface area contributed by atoms with Crippen LogP contribution >= 0.6 is 0 Å². The van der Waals surface area contributed by atoms with E-state index in [2.05, 4.69) is 10.4 Å². The van der Waals surface area contributed by atoms with E-state index >= 15 is 0 Å². The van der Waals surface area contributed by atoms with Crippen LogP contribution in [0.3, 0.4) is 0 Å². The Morgan fingerprint density at radius 1 is 1.75 bits per heavy atom. The van der Waals surface area contributed by atoms with Gasteiger partial charge >= 0.3 is 0 Å². The van der Waals surface area contributed by atoms with Gasteiger partial charge < -0.3 is 10.1 Å². The van der Waals surface area contributed by atoms with E-state index in [4.69, 9.17) is 4.74 Å². The van der Waals surface area contributed by atoms with Crippen LogP contribution in [0.25, 0.3) is 0 Å². The van der Waals surface area contributed by atoms with Crippen LogP contribution < -0.4 is 5.32 Å². The molecular weight excluding hydrogens is 206 g/mol. The predicted molar refractivity (Wildman–Crippen MR) is 60.0 cm³/mol. The Balaban J connectivity index is 1.71. The van der Waals surface area contributed by atoms with Crippen molar-refractivity contribution in [3.05, 3.63) is 12.3 Å².